The summed E-state index contributed by atoms with van der Waals surface area (Å²) in [5, 5.41) is 13.9. The maximum absolute atomic E-state index is 13.0. The van der Waals surface area contributed by atoms with E-state index in [2.05, 4.69) is 30.5 Å². The Bertz CT molecular complexity index is 1520. The molecule has 1 aliphatic heterocycles. The monoisotopic (exact) mass is 530 g/mol. The number of pyridine rings is 1. The van der Waals surface area contributed by atoms with E-state index in [0.717, 1.165) is 19.5 Å². The Morgan fingerprint density at radius 3 is 2.66 bits per heavy atom. The number of rotatable bonds is 6. The number of carbonyl (C=O) groups is 1. The first-order valence-corrected chi connectivity index (χ1v) is 13.0. The van der Waals surface area contributed by atoms with Gasteiger partial charge in [0, 0.05) is 23.8 Å². The number of benzene rings is 2. The molecule has 4 N–H and O–H groups in total. The molecule has 1 atom stereocenters. The molecular formula is C23H20Cl2N6O3S. The third-order valence-corrected chi connectivity index (χ3v) is 8.06. The summed E-state index contributed by atoms with van der Waals surface area (Å²) in [6.07, 6.45) is 2.45. The van der Waals surface area contributed by atoms with E-state index in [1.165, 1.54) is 18.2 Å². The number of carbonyl (C=O) groups excluding carboxylic acids is 1. The highest BCUT2D eigenvalue weighted by Gasteiger charge is 2.22. The van der Waals surface area contributed by atoms with Crippen molar-refractivity contribution in [2.24, 2.45) is 0 Å². The average Bonchev–Trinajstić information content (AvgIpc) is 3.52. The molecule has 12 heteroatoms. The summed E-state index contributed by atoms with van der Waals surface area (Å²) in [4.78, 5) is 17.4. The molecule has 0 bridgehead atoms. The number of anilines is 1. The van der Waals surface area contributed by atoms with E-state index in [1.807, 2.05) is 0 Å². The summed E-state index contributed by atoms with van der Waals surface area (Å²) in [6.45, 7) is 1.60. The molecule has 1 aliphatic rings. The van der Waals surface area contributed by atoms with Crippen LogP contribution in [0.5, 0.6) is 0 Å². The zero-order valence-corrected chi connectivity index (χ0v) is 20.5. The standard InChI is InChI=1S/C23H20Cl2N6O3S/c24-18-2-1-3-20(21(18)25)35(33,34)31-14-6-4-13(5-7-14)19-10-16(17-12-27-30-22(17)29-19)23(32)28-15-8-9-26-11-15/h1-7,10,12,15,26,31H,8-9,11H2,(H,28,32)(H,27,29,30). The topological polar surface area (TPSA) is 129 Å². The fraction of sp³-hybridized carbons (Fsp3) is 0.174. The molecule has 4 aromatic rings. The average molecular weight is 531 g/mol. The molecule has 5 rings (SSSR count). The molecular weight excluding hydrogens is 511 g/mol. The first-order valence-electron chi connectivity index (χ1n) is 10.7. The van der Waals surface area contributed by atoms with Crippen molar-refractivity contribution in [1.29, 1.82) is 0 Å². The molecule has 0 radical (unpaired) electrons. The molecule has 0 aliphatic carbocycles. The normalized spacial score (nSPS) is 15.9. The number of H-pyrrole nitrogens is 1. The lowest BCUT2D eigenvalue weighted by molar-refractivity contribution is 0.0941. The van der Waals surface area contributed by atoms with Crippen molar-refractivity contribution >= 4 is 55.9 Å². The highest BCUT2D eigenvalue weighted by atomic mass is 35.5. The van der Waals surface area contributed by atoms with Gasteiger partial charge >= 0.3 is 0 Å². The fourth-order valence-corrected chi connectivity index (χ4v) is 5.74. The number of aromatic nitrogens is 3. The van der Waals surface area contributed by atoms with Crippen molar-refractivity contribution in [3.8, 4) is 11.3 Å². The first-order chi connectivity index (χ1) is 16.8. The van der Waals surface area contributed by atoms with Crippen molar-refractivity contribution in [3.05, 3.63) is 70.3 Å². The maximum atomic E-state index is 13.0. The maximum Gasteiger partial charge on any atom is 0.263 e. The number of amides is 1. The van der Waals surface area contributed by atoms with Gasteiger partial charge in [-0.15, -0.1) is 0 Å². The zero-order valence-electron chi connectivity index (χ0n) is 18.2. The van der Waals surface area contributed by atoms with Gasteiger partial charge < -0.3 is 10.6 Å². The Hall–Kier alpha value is -3.18. The molecule has 2 aromatic carbocycles. The van der Waals surface area contributed by atoms with Gasteiger partial charge in [0.25, 0.3) is 15.9 Å². The zero-order chi connectivity index (χ0) is 24.6. The van der Waals surface area contributed by atoms with Crippen LogP contribution < -0.4 is 15.4 Å². The van der Waals surface area contributed by atoms with Crippen molar-refractivity contribution in [3.63, 3.8) is 0 Å². The second-order valence-electron chi connectivity index (χ2n) is 8.09. The minimum Gasteiger partial charge on any atom is -0.348 e. The van der Waals surface area contributed by atoms with Gasteiger partial charge in [0.1, 0.15) is 4.90 Å². The fourth-order valence-electron chi connectivity index (χ4n) is 3.92. The molecule has 1 saturated heterocycles. The number of hydrogen-bond donors (Lipinski definition) is 4. The predicted octanol–water partition coefficient (Wildman–Crippen LogP) is 3.82. The number of aromatic amines is 1. The van der Waals surface area contributed by atoms with E-state index < -0.39 is 10.0 Å². The third-order valence-electron chi connectivity index (χ3n) is 5.70. The number of fused-ring (bicyclic) bond motifs is 1. The van der Waals surface area contributed by atoms with E-state index in [1.54, 1.807) is 36.5 Å². The number of sulfonamides is 1. The Morgan fingerprint density at radius 2 is 1.91 bits per heavy atom. The second kappa shape index (κ2) is 9.46. The summed E-state index contributed by atoms with van der Waals surface area (Å²) in [6, 6.07) is 12.8. The van der Waals surface area contributed by atoms with E-state index in [0.29, 0.717) is 33.5 Å². The molecule has 9 nitrogen and oxygen atoms in total. The van der Waals surface area contributed by atoms with Gasteiger partial charge in [0.05, 0.1) is 32.9 Å². The summed E-state index contributed by atoms with van der Waals surface area (Å²) in [7, 11) is -3.95. The van der Waals surface area contributed by atoms with Gasteiger partial charge in [0.15, 0.2) is 5.65 Å². The Morgan fingerprint density at radius 1 is 1.11 bits per heavy atom. The van der Waals surface area contributed by atoms with Gasteiger partial charge in [0.2, 0.25) is 0 Å². The van der Waals surface area contributed by atoms with Crippen LogP contribution in [0.1, 0.15) is 16.8 Å². The molecule has 0 spiro atoms. The van der Waals surface area contributed by atoms with Crippen molar-refractivity contribution in [2.75, 3.05) is 17.8 Å². The lowest BCUT2D eigenvalue weighted by atomic mass is 10.1. The molecule has 1 fully saturated rings. The van der Waals surface area contributed by atoms with Crippen LogP contribution in [0.2, 0.25) is 10.0 Å². The van der Waals surface area contributed by atoms with Crippen LogP contribution >= 0.6 is 23.2 Å². The van der Waals surface area contributed by atoms with Crippen LogP contribution in [0, 0.1) is 0 Å². The smallest absolute Gasteiger partial charge is 0.263 e. The highest BCUT2D eigenvalue weighted by molar-refractivity contribution is 7.92. The van der Waals surface area contributed by atoms with Crippen molar-refractivity contribution in [1.82, 2.24) is 25.8 Å². The Kier molecular flexibility index (Phi) is 6.37. The third kappa shape index (κ3) is 4.83. The van der Waals surface area contributed by atoms with Crippen LogP contribution in [0.4, 0.5) is 5.69 Å². The number of nitrogens with one attached hydrogen (secondary N) is 4. The largest absolute Gasteiger partial charge is 0.348 e. The highest BCUT2D eigenvalue weighted by Crippen LogP contribution is 2.31. The van der Waals surface area contributed by atoms with Gasteiger partial charge in [-0.2, -0.15) is 5.10 Å². The lowest BCUT2D eigenvalue weighted by Gasteiger charge is -2.13. The van der Waals surface area contributed by atoms with Crippen LogP contribution in [0.25, 0.3) is 22.3 Å². The van der Waals surface area contributed by atoms with E-state index in [-0.39, 0.29) is 26.9 Å². The van der Waals surface area contributed by atoms with Crippen LogP contribution in [-0.2, 0) is 10.0 Å². The van der Waals surface area contributed by atoms with Gasteiger partial charge in [-0.25, -0.2) is 13.4 Å². The van der Waals surface area contributed by atoms with Gasteiger partial charge in [-0.05, 0) is 43.3 Å². The summed E-state index contributed by atoms with van der Waals surface area (Å²) < 4.78 is 28.1. The van der Waals surface area contributed by atoms with Gasteiger partial charge in [-0.3, -0.25) is 14.6 Å². The summed E-state index contributed by atoms with van der Waals surface area (Å²) >= 11 is 12.0. The predicted molar refractivity (Wildman–Crippen MR) is 135 cm³/mol. The number of halogens is 2. The van der Waals surface area contributed by atoms with Crippen LogP contribution in [0.3, 0.4) is 0 Å². The number of nitrogens with zero attached hydrogens (tertiary/aromatic N) is 2. The first kappa shape index (κ1) is 23.6. The molecule has 35 heavy (non-hydrogen) atoms. The Labute approximate surface area is 211 Å². The minimum atomic E-state index is -3.95. The Balaban J connectivity index is 1.42. The lowest BCUT2D eigenvalue weighted by Crippen LogP contribution is -2.36. The molecule has 0 saturated carbocycles. The SMILES string of the molecule is O=C(NC1CCNC1)c1cc(-c2ccc(NS(=O)(=O)c3cccc(Cl)c3Cl)cc2)nc2[nH]ncc12. The molecule has 1 unspecified atom stereocenters. The second-order valence-corrected chi connectivity index (χ2v) is 10.5. The van der Waals surface area contributed by atoms with E-state index >= 15 is 0 Å². The minimum absolute atomic E-state index is 0.0467. The molecule has 3 heterocycles. The molecule has 180 valence electrons. The van der Waals surface area contributed by atoms with E-state index in [9.17, 15) is 13.2 Å². The molecule has 1 amide bonds. The van der Waals surface area contributed by atoms with Crippen molar-refractivity contribution < 1.29 is 13.2 Å². The van der Waals surface area contributed by atoms with Crippen molar-refractivity contribution in [2.45, 2.75) is 17.4 Å². The molecule has 2 aromatic heterocycles. The van der Waals surface area contributed by atoms with Crippen LogP contribution in [0.15, 0.2) is 59.6 Å². The van der Waals surface area contributed by atoms with Crippen LogP contribution in [-0.4, -0.2) is 48.6 Å². The summed E-state index contributed by atoms with van der Waals surface area (Å²) in [5.41, 5.74) is 2.52. The van der Waals surface area contributed by atoms with Gasteiger partial charge in [-0.1, -0.05) is 41.4 Å². The summed E-state index contributed by atoms with van der Waals surface area (Å²) in [5.74, 6) is -0.198. The quantitative estimate of drug-likeness (QED) is 0.300. The number of hydrogen-bond acceptors (Lipinski definition) is 6. The van der Waals surface area contributed by atoms with E-state index in [4.69, 9.17) is 23.2 Å².